The number of benzene rings is 1. The second-order valence-electron chi connectivity index (χ2n) is 3.71. The Balaban J connectivity index is 2.37. The standard InChI is InChI=1S/C12H12FN3O/c1-8(17)15-12-14-7-11(16(12)2)9-3-5-10(13)6-4-9/h3-7H,1-2H3,(H,14,15,17). The number of nitrogens with zero attached hydrogens (tertiary/aromatic N) is 2. The predicted octanol–water partition coefficient (Wildman–Crippen LogP) is 2.18. The molecule has 0 atom stereocenters. The largest absolute Gasteiger partial charge is 0.313 e. The van der Waals surface area contributed by atoms with Crippen LogP contribution in [0.3, 0.4) is 0 Å². The van der Waals surface area contributed by atoms with Crippen molar-refractivity contribution in [3.8, 4) is 11.3 Å². The van der Waals surface area contributed by atoms with E-state index in [4.69, 9.17) is 0 Å². The third kappa shape index (κ3) is 2.33. The molecule has 1 amide bonds. The second kappa shape index (κ2) is 4.37. The molecule has 0 unspecified atom stereocenters. The molecule has 88 valence electrons. The van der Waals surface area contributed by atoms with Crippen LogP contribution in [0.25, 0.3) is 11.3 Å². The number of hydrogen-bond donors (Lipinski definition) is 1. The van der Waals surface area contributed by atoms with E-state index in [0.717, 1.165) is 11.3 Å². The van der Waals surface area contributed by atoms with Gasteiger partial charge in [0.2, 0.25) is 11.9 Å². The van der Waals surface area contributed by atoms with E-state index in [1.54, 1.807) is 29.9 Å². The number of carbonyl (C=O) groups excluding carboxylic acids is 1. The van der Waals surface area contributed by atoms with Crippen molar-refractivity contribution in [3.05, 3.63) is 36.3 Å². The van der Waals surface area contributed by atoms with Crippen molar-refractivity contribution in [2.24, 2.45) is 7.05 Å². The first-order valence-corrected chi connectivity index (χ1v) is 5.13. The SMILES string of the molecule is CC(=O)Nc1ncc(-c2ccc(F)cc2)n1C. The number of carbonyl (C=O) groups is 1. The van der Waals surface area contributed by atoms with Crippen LogP contribution >= 0.6 is 0 Å². The van der Waals surface area contributed by atoms with Crippen molar-refractivity contribution >= 4 is 11.9 Å². The summed E-state index contributed by atoms with van der Waals surface area (Å²) in [6.45, 7) is 1.42. The summed E-state index contributed by atoms with van der Waals surface area (Å²) in [5, 5.41) is 2.61. The number of rotatable bonds is 2. The Kier molecular flexibility index (Phi) is 2.91. The van der Waals surface area contributed by atoms with Gasteiger partial charge in [0.15, 0.2) is 0 Å². The maximum atomic E-state index is 12.8. The van der Waals surface area contributed by atoms with Gasteiger partial charge in [-0.1, -0.05) is 0 Å². The van der Waals surface area contributed by atoms with Gasteiger partial charge in [0.25, 0.3) is 0 Å². The van der Waals surface area contributed by atoms with Crippen LogP contribution in [0.5, 0.6) is 0 Å². The molecular formula is C12H12FN3O. The Morgan fingerprint density at radius 2 is 2.00 bits per heavy atom. The number of anilines is 1. The molecule has 0 spiro atoms. The Bertz CT molecular complexity index is 545. The Hall–Kier alpha value is -2.17. The molecular weight excluding hydrogens is 221 g/mol. The van der Waals surface area contributed by atoms with E-state index in [2.05, 4.69) is 10.3 Å². The highest BCUT2D eigenvalue weighted by atomic mass is 19.1. The molecule has 0 saturated heterocycles. The van der Waals surface area contributed by atoms with Gasteiger partial charge in [0, 0.05) is 19.5 Å². The molecule has 2 rings (SSSR count). The third-order valence-electron chi connectivity index (χ3n) is 2.42. The van der Waals surface area contributed by atoms with E-state index in [9.17, 15) is 9.18 Å². The molecule has 0 fully saturated rings. The van der Waals surface area contributed by atoms with E-state index in [1.807, 2.05) is 0 Å². The zero-order valence-corrected chi connectivity index (χ0v) is 9.57. The van der Waals surface area contributed by atoms with Crippen molar-refractivity contribution in [1.82, 2.24) is 9.55 Å². The number of imidazole rings is 1. The highest BCUT2D eigenvalue weighted by Crippen LogP contribution is 2.21. The first kappa shape index (κ1) is 11.3. The quantitative estimate of drug-likeness (QED) is 0.864. The fourth-order valence-corrected chi connectivity index (χ4v) is 1.57. The molecule has 17 heavy (non-hydrogen) atoms. The lowest BCUT2D eigenvalue weighted by molar-refractivity contribution is -0.114. The number of amides is 1. The summed E-state index contributed by atoms with van der Waals surface area (Å²) in [4.78, 5) is 15.0. The van der Waals surface area contributed by atoms with Crippen molar-refractivity contribution in [3.63, 3.8) is 0 Å². The minimum absolute atomic E-state index is 0.177. The van der Waals surface area contributed by atoms with Gasteiger partial charge in [-0.15, -0.1) is 0 Å². The molecule has 0 bridgehead atoms. The summed E-state index contributed by atoms with van der Waals surface area (Å²) >= 11 is 0. The van der Waals surface area contributed by atoms with Crippen LogP contribution in [0.2, 0.25) is 0 Å². The van der Waals surface area contributed by atoms with Crippen molar-refractivity contribution in [2.75, 3.05) is 5.32 Å². The summed E-state index contributed by atoms with van der Waals surface area (Å²) in [5.74, 6) is 0.0131. The highest BCUT2D eigenvalue weighted by molar-refractivity contribution is 5.87. The zero-order valence-electron chi connectivity index (χ0n) is 9.57. The minimum Gasteiger partial charge on any atom is -0.313 e. The van der Waals surface area contributed by atoms with E-state index in [-0.39, 0.29) is 11.7 Å². The monoisotopic (exact) mass is 233 g/mol. The lowest BCUT2D eigenvalue weighted by Crippen LogP contribution is -2.10. The average molecular weight is 233 g/mol. The van der Waals surface area contributed by atoms with Gasteiger partial charge >= 0.3 is 0 Å². The fourth-order valence-electron chi connectivity index (χ4n) is 1.57. The number of nitrogens with one attached hydrogen (secondary N) is 1. The fraction of sp³-hybridized carbons (Fsp3) is 0.167. The lowest BCUT2D eigenvalue weighted by atomic mass is 10.2. The molecule has 1 aromatic heterocycles. The summed E-state index contributed by atoms with van der Waals surface area (Å²) in [7, 11) is 1.79. The maximum absolute atomic E-state index is 12.8. The smallest absolute Gasteiger partial charge is 0.223 e. The summed E-state index contributed by atoms with van der Waals surface area (Å²) in [6.07, 6.45) is 1.64. The molecule has 4 nitrogen and oxygen atoms in total. The van der Waals surface area contributed by atoms with Crippen LogP contribution in [0.4, 0.5) is 10.3 Å². The van der Waals surface area contributed by atoms with Crippen molar-refractivity contribution in [2.45, 2.75) is 6.92 Å². The first-order valence-electron chi connectivity index (χ1n) is 5.13. The molecule has 2 aromatic rings. The summed E-state index contributed by atoms with van der Waals surface area (Å²) < 4.78 is 14.5. The number of halogens is 1. The van der Waals surface area contributed by atoms with Crippen molar-refractivity contribution < 1.29 is 9.18 Å². The van der Waals surface area contributed by atoms with Crippen LogP contribution in [0.15, 0.2) is 30.5 Å². The third-order valence-corrected chi connectivity index (χ3v) is 2.42. The topological polar surface area (TPSA) is 46.9 Å². The van der Waals surface area contributed by atoms with Crippen LogP contribution in [0.1, 0.15) is 6.92 Å². The van der Waals surface area contributed by atoms with E-state index in [0.29, 0.717) is 5.95 Å². The molecule has 0 radical (unpaired) electrons. The Morgan fingerprint density at radius 1 is 1.35 bits per heavy atom. The molecule has 1 N–H and O–H groups in total. The van der Waals surface area contributed by atoms with Gasteiger partial charge in [-0.2, -0.15) is 0 Å². The molecule has 0 aliphatic carbocycles. The van der Waals surface area contributed by atoms with Gasteiger partial charge in [-0.05, 0) is 24.3 Å². The van der Waals surface area contributed by atoms with Gasteiger partial charge < -0.3 is 4.57 Å². The minimum atomic E-state index is -0.280. The van der Waals surface area contributed by atoms with E-state index in [1.165, 1.54) is 19.1 Å². The predicted molar refractivity (Wildman–Crippen MR) is 62.9 cm³/mol. The molecule has 1 aromatic carbocycles. The van der Waals surface area contributed by atoms with Crippen LogP contribution in [-0.2, 0) is 11.8 Å². The molecule has 1 heterocycles. The molecule has 0 aliphatic heterocycles. The van der Waals surface area contributed by atoms with Crippen molar-refractivity contribution in [1.29, 1.82) is 0 Å². The number of aromatic nitrogens is 2. The maximum Gasteiger partial charge on any atom is 0.223 e. The van der Waals surface area contributed by atoms with Crippen LogP contribution < -0.4 is 5.32 Å². The normalized spacial score (nSPS) is 10.3. The Labute approximate surface area is 98.1 Å². The second-order valence-corrected chi connectivity index (χ2v) is 3.71. The summed E-state index contributed by atoms with van der Waals surface area (Å²) in [5.41, 5.74) is 1.66. The highest BCUT2D eigenvalue weighted by Gasteiger charge is 2.09. The summed E-state index contributed by atoms with van der Waals surface area (Å²) in [6, 6.07) is 6.12. The Morgan fingerprint density at radius 3 is 2.59 bits per heavy atom. The first-order chi connectivity index (χ1) is 8.08. The van der Waals surface area contributed by atoms with Gasteiger partial charge in [-0.3, -0.25) is 10.1 Å². The molecule has 5 heteroatoms. The number of hydrogen-bond acceptors (Lipinski definition) is 2. The molecule has 0 saturated carbocycles. The average Bonchev–Trinajstić information content (AvgIpc) is 2.61. The van der Waals surface area contributed by atoms with Crippen LogP contribution in [-0.4, -0.2) is 15.5 Å². The zero-order chi connectivity index (χ0) is 12.4. The lowest BCUT2D eigenvalue weighted by Gasteiger charge is -2.05. The van der Waals surface area contributed by atoms with Gasteiger partial charge in [0.1, 0.15) is 5.82 Å². The molecule has 0 aliphatic rings. The van der Waals surface area contributed by atoms with Gasteiger partial charge in [0.05, 0.1) is 11.9 Å². The van der Waals surface area contributed by atoms with E-state index < -0.39 is 0 Å². The van der Waals surface area contributed by atoms with Crippen LogP contribution in [0, 0.1) is 5.82 Å². The van der Waals surface area contributed by atoms with Gasteiger partial charge in [-0.25, -0.2) is 9.37 Å². The van der Waals surface area contributed by atoms with E-state index >= 15 is 0 Å².